The fourth-order valence-electron chi connectivity index (χ4n) is 1.63. The van der Waals surface area contributed by atoms with Gasteiger partial charge in [-0.05, 0) is 28.1 Å². The maximum atomic E-state index is 10.9. The van der Waals surface area contributed by atoms with Gasteiger partial charge in [-0.1, -0.05) is 0 Å². The highest BCUT2D eigenvalue weighted by Crippen LogP contribution is 2.17. The standard InChI is InChI=1S/C11H9BrN2O3/c12-7-1-2-9-8(6-15)13-10(14(9)5-7)3-4-11(16)17/h1-2,5-6H,3-4H2,(H,16,17). The van der Waals surface area contributed by atoms with Crippen LogP contribution in [-0.2, 0) is 11.2 Å². The monoisotopic (exact) mass is 296 g/mol. The Kier molecular flexibility index (Phi) is 3.23. The summed E-state index contributed by atoms with van der Waals surface area (Å²) in [6.45, 7) is 0. The number of halogens is 1. The van der Waals surface area contributed by atoms with E-state index in [4.69, 9.17) is 5.11 Å². The quantitative estimate of drug-likeness (QED) is 0.875. The Labute approximate surface area is 105 Å². The number of aliphatic carboxylic acids is 1. The second kappa shape index (κ2) is 4.67. The van der Waals surface area contributed by atoms with E-state index >= 15 is 0 Å². The van der Waals surface area contributed by atoms with Crippen LogP contribution in [0.3, 0.4) is 0 Å². The molecule has 2 heterocycles. The van der Waals surface area contributed by atoms with Gasteiger partial charge >= 0.3 is 5.97 Å². The fraction of sp³-hybridized carbons (Fsp3) is 0.182. The molecule has 2 rings (SSSR count). The molecule has 0 fully saturated rings. The van der Waals surface area contributed by atoms with E-state index in [1.54, 1.807) is 16.7 Å². The lowest BCUT2D eigenvalue weighted by Gasteiger charge is -2.00. The zero-order valence-corrected chi connectivity index (χ0v) is 10.3. The first-order valence-electron chi connectivity index (χ1n) is 4.95. The molecule has 2 aromatic heterocycles. The number of aldehydes is 1. The van der Waals surface area contributed by atoms with E-state index in [-0.39, 0.29) is 6.42 Å². The number of pyridine rings is 1. The molecular weight excluding hydrogens is 288 g/mol. The SMILES string of the molecule is O=Cc1nc(CCC(=O)O)n2cc(Br)ccc12. The second-order valence-corrected chi connectivity index (χ2v) is 4.44. The lowest BCUT2D eigenvalue weighted by molar-refractivity contribution is -0.137. The van der Waals surface area contributed by atoms with Gasteiger partial charge in [0.05, 0.1) is 11.9 Å². The van der Waals surface area contributed by atoms with Crippen molar-refractivity contribution in [1.82, 2.24) is 9.38 Å². The van der Waals surface area contributed by atoms with Gasteiger partial charge in [-0.2, -0.15) is 0 Å². The Bertz CT molecular complexity index is 592. The molecule has 0 aliphatic rings. The maximum Gasteiger partial charge on any atom is 0.303 e. The number of hydrogen-bond donors (Lipinski definition) is 1. The summed E-state index contributed by atoms with van der Waals surface area (Å²) in [4.78, 5) is 25.5. The summed E-state index contributed by atoms with van der Waals surface area (Å²) in [7, 11) is 0. The van der Waals surface area contributed by atoms with Crippen molar-refractivity contribution in [2.45, 2.75) is 12.8 Å². The molecule has 1 N–H and O–H groups in total. The molecule has 0 aromatic carbocycles. The Balaban J connectivity index is 2.50. The Hall–Kier alpha value is -1.69. The topological polar surface area (TPSA) is 71.7 Å². The lowest BCUT2D eigenvalue weighted by atomic mass is 10.3. The number of nitrogens with zero attached hydrogens (tertiary/aromatic N) is 2. The molecule has 0 aliphatic carbocycles. The fourth-order valence-corrected chi connectivity index (χ4v) is 1.97. The summed E-state index contributed by atoms with van der Waals surface area (Å²) < 4.78 is 2.58. The summed E-state index contributed by atoms with van der Waals surface area (Å²) in [6, 6.07) is 3.58. The predicted octanol–water partition coefficient (Wildman–Crippen LogP) is 1.93. The zero-order chi connectivity index (χ0) is 12.4. The van der Waals surface area contributed by atoms with E-state index in [1.165, 1.54) is 0 Å². The molecule has 0 saturated carbocycles. The van der Waals surface area contributed by atoms with Crippen LogP contribution in [0.4, 0.5) is 0 Å². The number of rotatable bonds is 4. The van der Waals surface area contributed by atoms with E-state index < -0.39 is 5.97 Å². The van der Waals surface area contributed by atoms with Crippen molar-refractivity contribution in [3.8, 4) is 0 Å². The molecule has 17 heavy (non-hydrogen) atoms. The van der Waals surface area contributed by atoms with Crippen molar-refractivity contribution in [2.24, 2.45) is 0 Å². The van der Waals surface area contributed by atoms with Crippen molar-refractivity contribution in [3.63, 3.8) is 0 Å². The summed E-state index contributed by atoms with van der Waals surface area (Å²) in [5.41, 5.74) is 1.02. The number of imidazole rings is 1. The normalized spacial score (nSPS) is 10.6. The van der Waals surface area contributed by atoms with Crippen LogP contribution in [0.5, 0.6) is 0 Å². The third-order valence-electron chi connectivity index (χ3n) is 2.38. The lowest BCUT2D eigenvalue weighted by Crippen LogP contribution is -2.01. The number of carboxylic acids is 1. The van der Waals surface area contributed by atoms with Gasteiger partial charge in [-0.25, -0.2) is 4.98 Å². The molecule has 0 bridgehead atoms. The highest BCUT2D eigenvalue weighted by Gasteiger charge is 2.11. The largest absolute Gasteiger partial charge is 0.481 e. The first-order chi connectivity index (χ1) is 8.11. The molecule has 0 unspecified atom stereocenters. The summed E-state index contributed by atoms with van der Waals surface area (Å²) >= 11 is 3.32. The van der Waals surface area contributed by atoms with Crippen LogP contribution in [0, 0.1) is 0 Å². The highest BCUT2D eigenvalue weighted by molar-refractivity contribution is 9.10. The number of carbonyl (C=O) groups is 2. The van der Waals surface area contributed by atoms with Crippen LogP contribution in [-0.4, -0.2) is 26.7 Å². The third-order valence-corrected chi connectivity index (χ3v) is 2.85. The molecule has 6 heteroatoms. The average molecular weight is 297 g/mol. The molecule has 2 aromatic rings. The minimum absolute atomic E-state index is 0.01000. The smallest absolute Gasteiger partial charge is 0.303 e. The molecule has 0 atom stereocenters. The average Bonchev–Trinajstić information content (AvgIpc) is 2.63. The number of carbonyl (C=O) groups excluding carboxylic acids is 1. The first-order valence-corrected chi connectivity index (χ1v) is 5.74. The van der Waals surface area contributed by atoms with Crippen molar-refractivity contribution in [1.29, 1.82) is 0 Å². The maximum absolute atomic E-state index is 10.9. The van der Waals surface area contributed by atoms with E-state index in [1.807, 2.05) is 6.07 Å². The molecule has 88 valence electrons. The zero-order valence-electron chi connectivity index (χ0n) is 8.76. The predicted molar refractivity (Wildman–Crippen MR) is 64.2 cm³/mol. The molecular formula is C11H9BrN2O3. The molecule has 5 nitrogen and oxygen atoms in total. The van der Waals surface area contributed by atoms with E-state index in [0.29, 0.717) is 29.7 Å². The molecule has 0 aliphatic heterocycles. The van der Waals surface area contributed by atoms with Crippen molar-refractivity contribution in [3.05, 3.63) is 34.3 Å². The third kappa shape index (κ3) is 2.36. The Morgan fingerprint density at radius 2 is 2.29 bits per heavy atom. The van der Waals surface area contributed by atoms with Crippen LogP contribution in [0.15, 0.2) is 22.8 Å². The molecule has 0 radical (unpaired) electrons. The van der Waals surface area contributed by atoms with E-state index in [2.05, 4.69) is 20.9 Å². The van der Waals surface area contributed by atoms with Crippen LogP contribution in [0.25, 0.3) is 5.52 Å². The number of hydrogen-bond acceptors (Lipinski definition) is 3. The van der Waals surface area contributed by atoms with Crippen LogP contribution in [0.1, 0.15) is 22.7 Å². The van der Waals surface area contributed by atoms with Gasteiger partial charge in [-0.3, -0.25) is 9.59 Å². The van der Waals surface area contributed by atoms with Gasteiger partial charge in [-0.15, -0.1) is 0 Å². The van der Waals surface area contributed by atoms with Crippen LogP contribution < -0.4 is 0 Å². The van der Waals surface area contributed by atoms with Crippen molar-refractivity contribution >= 4 is 33.7 Å². The van der Waals surface area contributed by atoms with E-state index in [9.17, 15) is 9.59 Å². The minimum Gasteiger partial charge on any atom is -0.481 e. The van der Waals surface area contributed by atoms with Crippen LogP contribution in [0.2, 0.25) is 0 Å². The number of carboxylic acid groups (broad SMARTS) is 1. The Morgan fingerprint density at radius 3 is 2.94 bits per heavy atom. The molecule has 0 saturated heterocycles. The summed E-state index contributed by atoms with van der Waals surface area (Å²) in [5.74, 6) is -0.310. The minimum atomic E-state index is -0.885. The van der Waals surface area contributed by atoms with Gasteiger partial charge in [0.15, 0.2) is 6.29 Å². The van der Waals surface area contributed by atoms with Gasteiger partial charge in [0.1, 0.15) is 11.5 Å². The number of aromatic nitrogens is 2. The van der Waals surface area contributed by atoms with Gasteiger partial charge < -0.3 is 9.51 Å². The van der Waals surface area contributed by atoms with Crippen LogP contribution >= 0.6 is 15.9 Å². The van der Waals surface area contributed by atoms with Crippen molar-refractivity contribution < 1.29 is 14.7 Å². The van der Waals surface area contributed by atoms with Gasteiger partial charge in [0.2, 0.25) is 0 Å². The highest BCUT2D eigenvalue weighted by atomic mass is 79.9. The summed E-state index contributed by atoms with van der Waals surface area (Å²) in [6.07, 6.45) is 2.73. The Morgan fingerprint density at radius 1 is 1.53 bits per heavy atom. The molecule has 0 amide bonds. The number of aryl methyl sites for hydroxylation is 1. The van der Waals surface area contributed by atoms with Crippen molar-refractivity contribution in [2.75, 3.05) is 0 Å². The molecule has 0 spiro atoms. The summed E-state index contributed by atoms with van der Waals surface area (Å²) in [5, 5.41) is 8.65. The van der Waals surface area contributed by atoms with E-state index in [0.717, 1.165) is 4.47 Å². The second-order valence-electron chi connectivity index (χ2n) is 3.53. The first kappa shape index (κ1) is 11.8. The number of fused-ring (bicyclic) bond motifs is 1. The van der Waals surface area contributed by atoms with Gasteiger partial charge in [0, 0.05) is 17.1 Å². The van der Waals surface area contributed by atoms with Gasteiger partial charge in [0.25, 0.3) is 0 Å².